The number of carboxylic acid groups (broad SMARTS) is 1. The number of hydrogen-bond acceptors (Lipinski definition) is 3. The van der Waals surface area contributed by atoms with Gasteiger partial charge in [0.25, 0.3) is 0 Å². The van der Waals surface area contributed by atoms with Crippen LogP contribution in [0.1, 0.15) is 28.5 Å². The number of nitrogens with zero attached hydrogens (tertiary/aromatic N) is 2. The number of aromatic nitrogens is 1. The molecule has 1 heterocycles. The number of rotatable bonds is 6. The molecule has 0 aliphatic rings. The molecule has 4 nitrogen and oxygen atoms in total. The molecule has 0 aliphatic heterocycles. The SMILES string of the molecule is CCN(Cc1cccc(Br)c1)Cc1ncccc1C(=O)O. The van der Waals surface area contributed by atoms with Crippen molar-refractivity contribution in [2.24, 2.45) is 0 Å². The summed E-state index contributed by atoms with van der Waals surface area (Å²) in [6.07, 6.45) is 1.63. The lowest BCUT2D eigenvalue weighted by Crippen LogP contribution is -2.24. The van der Waals surface area contributed by atoms with E-state index in [1.54, 1.807) is 18.3 Å². The molecule has 1 aromatic carbocycles. The molecule has 0 aliphatic carbocycles. The van der Waals surface area contributed by atoms with E-state index in [1.807, 2.05) is 12.1 Å². The Morgan fingerprint density at radius 1 is 1.29 bits per heavy atom. The van der Waals surface area contributed by atoms with E-state index in [2.05, 4.69) is 44.9 Å². The molecule has 2 aromatic rings. The zero-order valence-electron chi connectivity index (χ0n) is 11.8. The van der Waals surface area contributed by atoms with E-state index >= 15 is 0 Å². The highest BCUT2D eigenvalue weighted by molar-refractivity contribution is 9.10. The van der Waals surface area contributed by atoms with Crippen molar-refractivity contribution in [1.82, 2.24) is 9.88 Å². The Balaban J connectivity index is 2.14. The van der Waals surface area contributed by atoms with Crippen molar-refractivity contribution in [2.75, 3.05) is 6.54 Å². The fourth-order valence-electron chi connectivity index (χ4n) is 2.14. The number of aromatic carboxylic acids is 1. The molecule has 0 unspecified atom stereocenters. The molecule has 110 valence electrons. The molecule has 0 bridgehead atoms. The second-order valence-electron chi connectivity index (χ2n) is 4.74. The molecule has 0 saturated carbocycles. The summed E-state index contributed by atoms with van der Waals surface area (Å²) in [5.41, 5.74) is 2.05. The van der Waals surface area contributed by atoms with Crippen molar-refractivity contribution in [3.05, 3.63) is 63.9 Å². The van der Waals surface area contributed by atoms with Crippen molar-refractivity contribution in [2.45, 2.75) is 20.0 Å². The van der Waals surface area contributed by atoms with Gasteiger partial charge in [-0.05, 0) is 36.4 Å². The van der Waals surface area contributed by atoms with Crippen LogP contribution in [0.15, 0.2) is 47.1 Å². The molecule has 2 rings (SSSR count). The summed E-state index contributed by atoms with van der Waals surface area (Å²) in [6.45, 7) is 4.15. The van der Waals surface area contributed by atoms with Crippen LogP contribution < -0.4 is 0 Å². The molecule has 1 N–H and O–H groups in total. The summed E-state index contributed by atoms with van der Waals surface area (Å²) in [6, 6.07) is 11.4. The maximum atomic E-state index is 11.2. The zero-order chi connectivity index (χ0) is 15.2. The van der Waals surface area contributed by atoms with Crippen LogP contribution in [0.5, 0.6) is 0 Å². The Kier molecular flexibility index (Phi) is 5.47. The number of carboxylic acids is 1. The predicted octanol–water partition coefficient (Wildman–Crippen LogP) is 3.56. The number of pyridine rings is 1. The van der Waals surface area contributed by atoms with Gasteiger partial charge >= 0.3 is 5.97 Å². The molecule has 0 saturated heterocycles. The molecule has 0 spiro atoms. The van der Waals surface area contributed by atoms with Crippen LogP contribution in [0.3, 0.4) is 0 Å². The summed E-state index contributed by atoms with van der Waals surface area (Å²) in [7, 11) is 0. The third-order valence-electron chi connectivity index (χ3n) is 3.24. The van der Waals surface area contributed by atoms with Gasteiger partial charge in [-0.2, -0.15) is 0 Å². The van der Waals surface area contributed by atoms with Gasteiger partial charge in [-0.25, -0.2) is 4.79 Å². The Morgan fingerprint density at radius 3 is 2.76 bits per heavy atom. The minimum Gasteiger partial charge on any atom is -0.478 e. The third kappa shape index (κ3) is 4.37. The lowest BCUT2D eigenvalue weighted by Gasteiger charge is -2.21. The molecule has 0 amide bonds. The fourth-order valence-corrected chi connectivity index (χ4v) is 2.59. The number of hydrogen-bond donors (Lipinski definition) is 1. The van der Waals surface area contributed by atoms with Crippen LogP contribution in [0.2, 0.25) is 0 Å². The second-order valence-corrected chi connectivity index (χ2v) is 5.65. The average Bonchev–Trinajstić information content (AvgIpc) is 2.47. The van der Waals surface area contributed by atoms with Crippen LogP contribution >= 0.6 is 15.9 Å². The number of halogens is 1. The number of carbonyl (C=O) groups is 1. The summed E-state index contributed by atoms with van der Waals surface area (Å²) >= 11 is 3.46. The highest BCUT2D eigenvalue weighted by atomic mass is 79.9. The Morgan fingerprint density at radius 2 is 2.10 bits per heavy atom. The van der Waals surface area contributed by atoms with Gasteiger partial charge in [-0.1, -0.05) is 35.0 Å². The molecule has 0 atom stereocenters. The van der Waals surface area contributed by atoms with Gasteiger partial charge in [0.2, 0.25) is 0 Å². The zero-order valence-corrected chi connectivity index (χ0v) is 13.4. The van der Waals surface area contributed by atoms with Crippen molar-refractivity contribution >= 4 is 21.9 Å². The van der Waals surface area contributed by atoms with Crippen molar-refractivity contribution in [1.29, 1.82) is 0 Å². The minimum absolute atomic E-state index is 0.269. The van der Waals surface area contributed by atoms with Crippen molar-refractivity contribution in [3.8, 4) is 0 Å². The van der Waals surface area contributed by atoms with Gasteiger partial charge in [-0.3, -0.25) is 9.88 Å². The summed E-state index contributed by atoms with van der Waals surface area (Å²) < 4.78 is 1.04. The van der Waals surface area contributed by atoms with Gasteiger partial charge in [0.15, 0.2) is 0 Å². The normalized spacial score (nSPS) is 10.8. The first-order chi connectivity index (χ1) is 10.1. The largest absolute Gasteiger partial charge is 0.478 e. The average molecular weight is 349 g/mol. The quantitative estimate of drug-likeness (QED) is 0.866. The fraction of sp³-hybridized carbons (Fsp3) is 0.250. The summed E-state index contributed by atoms with van der Waals surface area (Å²) in [4.78, 5) is 17.6. The highest BCUT2D eigenvalue weighted by Crippen LogP contribution is 2.15. The van der Waals surface area contributed by atoms with Crippen LogP contribution in [0, 0.1) is 0 Å². The van der Waals surface area contributed by atoms with E-state index in [1.165, 1.54) is 5.56 Å². The molecular weight excluding hydrogens is 332 g/mol. The minimum atomic E-state index is -0.934. The van der Waals surface area contributed by atoms with E-state index in [4.69, 9.17) is 0 Å². The van der Waals surface area contributed by atoms with E-state index in [-0.39, 0.29) is 5.56 Å². The highest BCUT2D eigenvalue weighted by Gasteiger charge is 2.13. The summed E-state index contributed by atoms with van der Waals surface area (Å²) in [5.74, 6) is -0.934. The molecule has 21 heavy (non-hydrogen) atoms. The lowest BCUT2D eigenvalue weighted by atomic mass is 10.1. The second kappa shape index (κ2) is 7.33. The van der Waals surface area contributed by atoms with Gasteiger partial charge in [0.05, 0.1) is 11.3 Å². The maximum absolute atomic E-state index is 11.2. The molecule has 0 radical (unpaired) electrons. The van der Waals surface area contributed by atoms with Gasteiger partial charge in [-0.15, -0.1) is 0 Å². The first-order valence-corrected chi connectivity index (χ1v) is 7.53. The Hall–Kier alpha value is -1.72. The van der Waals surface area contributed by atoms with Crippen LogP contribution in [0.4, 0.5) is 0 Å². The smallest absolute Gasteiger partial charge is 0.337 e. The Bertz CT molecular complexity index is 631. The molecule has 5 heteroatoms. The van der Waals surface area contributed by atoms with Crippen LogP contribution in [0.25, 0.3) is 0 Å². The van der Waals surface area contributed by atoms with Gasteiger partial charge in [0.1, 0.15) is 0 Å². The van der Waals surface area contributed by atoms with E-state index in [0.29, 0.717) is 12.2 Å². The monoisotopic (exact) mass is 348 g/mol. The van der Waals surface area contributed by atoms with E-state index in [0.717, 1.165) is 17.6 Å². The number of benzene rings is 1. The van der Waals surface area contributed by atoms with Crippen LogP contribution in [-0.2, 0) is 13.1 Å². The standard InChI is InChI=1S/C16H17BrN2O2/c1-2-19(10-12-5-3-6-13(17)9-12)11-15-14(16(20)21)7-4-8-18-15/h3-9H,2,10-11H2,1H3,(H,20,21). The first-order valence-electron chi connectivity index (χ1n) is 6.74. The van der Waals surface area contributed by atoms with Gasteiger partial charge < -0.3 is 5.11 Å². The molecule has 1 aromatic heterocycles. The van der Waals surface area contributed by atoms with Crippen molar-refractivity contribution in [3.63, 3.8) is 0 Å². The van der Waals surface area contributed by atoms with Gasteiger partial charge in [0, 0.05) is 23.8 Å². The molecular formula is C16H17BrN2O2. The first kappa shape index (κ1) is 15.7. The maximum Gasteiger partial charge on any atom is 0.337 e. The van der Waals surface area contributed by atoms with E-state index in [9.17, 15) is 9.90 Å². The third-order valence-corrected chi connectivity index (χ3v) is 3.73. The molecule has 0 fully saturated rings. The van der Waals surface area contributed by atoms with Crippen LogP contribution in [-0.4, -0.2) is 27.5 Å². The topological polar surface area (TPSA) is 53.4 Å². The Labute approximate surface area is 132 Å². The lowest BCUT2D eigenvalue weighted by molar-refractivity contribution is 0.0693. The van der Waals surface area contributed by atoms with E-state index < -0.39 is 5.97 Å². The van der Waals surface area contributed by atoms with Crippen molar-refractivity contribution < 1.29 is 9.90 Å². The predicted molar refractivity (Wildman–Crippen MR) is 85.1 cm³/mol. The summed E-state index contributed by atoms with van der Waals surface area (Å²) in [5, 5.41) is 9.21.